The van der Waals surface area contributed by atoms with Crippen molar-refractivity contribution >= 4 is 23.4 Å². The van der Waals surface area contributed by atoms with E-state index < -0.39 is 0 Å². The number of nitrogens with zero attached hydrogens (tertiary/aromatic N) is 3. The van der Waals surface area contributed by atoms with Gasteiger partial charge in [0.15, 0.2) is 5.16 Å². The van der Waals surface area contributed by atoms with E-state index in [1.807, 2.05) is 13.8 Å². The minimum Gasteiger partial charge on any atom is -0.445 e. The van der Waals surface area contributed by atoms with E-state index in [0.717, 1.165) is 11.5 Å². The van der Waals surface area contributed by atoms with E-state index in [-0.39, 0.29) is 0 Å². The van der Waals surface area contributed by atoms with Crippen LogP contribution in [0.1, 0.15) is 17.3 Å². The van der Waals surface area contributed by atoms with Gasteiger partial charge in [-0.3, -0.25) is 0 Å². The van der Waals surface area contributed by atoms with E-state index in [0.29, 0.717) is 28.4 Å². The van der Waals surface area contributed by atoms with Gasteiger partial charge in [0.1, 0.15) is 17.4 Å². The topological polar surface area (TPSA) is 104 Å². The van der Waals surface area contributed by atoms with Crippen LogP contribution in [0.2, 0.25) is 0 Å². The minimum absolute atomic E-state index is 0.361. The van der Waals surface area contributed by atoms with Crippen molar-refractivity contribution in [1.29, 1.82) is 0 Å². The maximum Gasteiger partial charge on any atom is 0.205 e. The van der Waals surface area contributed by atoms with Crippen LogP contribution in [0, 0.1) is 13.8 Å². The quantitative estimate of drug-likeness (QED) is 0.629. The minimum atomic E-state index is 0.361. The fourth-order valence-corrected chi connectivity index (χ4v) is 1.97. The molecule has 0 bridgehead atoms. The normalized spacial score (nSPS) is 10.7. The number of nitrogens with two attached hydrogens (primary N) is 2. The van der Waals surface area contributed by atoms with Gasteiger partial charge >= 0.3 is 0 Å². The third kappa shape index (κ3) is 2.88. The predicted molar refractivity (Wildman–Crippen MR) is 66.4 cm³/mol. The maximum atomic E-state index is 5.57. The van der Waals surface area contributed by atoms with Crippen LogP contribution in [0.4, 0.5) is 11.6 Å². The smallest absolute Gasteiger partial charge is 0.205 e. The highest BCUT2D eigenvalue weighted by atomic mass is 32.2. The molecule has 2 heterocycles. The summed E-state index contributed by atoms with van der Waals surface area (Å²) in [5, 5.41) is 0.524. The van der Waals surface area contributed by atoms with Crippen LogP contribution in [0.3, 0.4) is 0 Å². The van der Waals surface area contributed by atoms with Crippen LogP contribution < -0.4 is 11.5 Å². The third-order valence-electron chi connectivity index (χ3n) is 2.14. The number of aryl methyl sites for hydroxylation is 2. The highest BCUT2D eigenvalue weighted by Gasteiger charge is 2.08. The van der Waals surface area contributed by atoms with Crippen molar-refractivity contribution in [3.05, 3.63) is 23.4 Å². The van der Waals surface area contributed by atoms with Crippen LogP contribution >= 0.6 is 11.8 Å². The van der Waals surface area contributed by atoms with Crippen LogP contribution in [0.25, 0.3) is 0 Å². The van der Waals surface area contributed by atoms with E-state index in [9.17, 15) is 0 Å². The standard InChI is InChI=1S/C10H13N5OS/c1-5-6(2)16-9(13-5)4-17-10-14-7(11)3-8(12)15-10/h3H,4H2,1-2H3,(H4,11,12,14,15). The van der Waals surface area contributed by atoms with Crippen LogP contribution in [-0.2, 0) is 5.75 Å². The molecule has 0 atom stereocenters. The SMILES string of the molecule is Cc1nc(CSc2nc(N)cc(N)n2)oc1C. The van der Waals surface area contributed by atoms with Gasteiger partial charge in [-0.05, 0) is 13.8 Å². The average molecular weight is 251 g/mol. The molecule has 0 amide bonds. The van der Waals surface area contributed by atoms with Crippen LogP contribution in [0.15, 0.2) is 15.6 Å². The zero-order valence-electron chi connectivity index (χ0n) is 9.60. The molecule has 0 saturated heterocycles. The first-order valence-electron chi connectivity index (χ1n) is 5.00. The van der Waals surface area contributed by atoms with Gasteiger partial charge in [0.05, 0.1) is 11.4 Å². The number of aromatic nitrogens is 3. The van der Waals surface area contributed by atoms with Gasteiger partial charge < -0.3 is 15.9 Å². The Labute approximate surface area is 103 Å². The fourth-order valence-electron chi connectivity index (χ4n) is 1.25. The largest absolute Gasteiger partial charge is 0.445 e. The van der Waals surface area contributed by atoms with Crippen LogP contribution in [-0.4, -0.2) is 15.0 Å². The summed E-state index contributed by atoms with van der Waals surface area (Å²) < 4.78 is 5.45. The maximum absolute atomic E-state index is 5.57. The summed E-state index contributed by atoms with van der Waals surface area (Å²) in [6.45, 7) is 3.79. The average Bonchev–Trinajstić information content (AvgIpc) is 2.54. The molecule has 0 radical (unpaired) electrons. The second-order valence-corrected chi connectivity index (χ2v) is 4.48. The molecule has 2 aromatic heterocycles. The lowest BCUT2D eigenvalue weighted by Gasteiger charge is -2.00. The summed E-state index contributed by atoms with van der Waals surface area (Å²) in [5.41, 5.74) is 12.0. The van der Waals surface area contributed by atoms with Gasteiger partial charge in [-0.2, -0.15) is 0 Å². The molecule has 7 heteroatoms. The van der Waals surface area contributed by atoms with Gasteiger partial charge in [-0.1, -0.05) is 11.8 Å². The van der Waals surface area contributed by atoms with E-state index in [4.69, 9.17) is 15.9 Å². The summed E-state index contributed by atoms with van der Waals surface area (Å²) in [6.07, 6.45) is 0. The van der Waals surface area contributed by atoms with E-state index in [1.165, 1.54) is 17.8 Å². The lowest BCUT2D eigenvalue weighted by molar-refractivity contribution is 0.489. The lowest BCUT2D eigenvalue weighted by atomic mass is 10.4. The van der Waals surface area contributed by atoms with E-state index in [2.05, 4.69) is 15.0 Å². The first-order valence-corrected chi connectivity index (χ1v) is 5.99. The zero-order chi connectivity index (χ0) is 12.4. The first-order chi connectivity index (χ1) is 8.04. The number of oxazole rings is 1. The number of nitrogen functional groups attached to an aromatic ring is 2. The summed E-state index contributed by atoms with van der Waals surface area (Å²) in [6, 6.07) is 1.52. The second kappa shape index (κ2) is 4.62. The molecule has 17 heavy (non-hydrogen) atoms. The number of thioether (sulfide) groups is 1. The molecule has 2 aromatic rings. The van der Waals surface area contributed by atoms with Crippen molar-refractivity contribution in [2.24, 2.45) is 0 Å². The number of hydrogen-bond acceptors (Lipinski definition) is 7. The molecule has 0 aliphatic heterocycles. The summed E-state index contributed by atoms with van der Waals surface area (Å²) >= 11 is 1.39. The van der Waals surface area contributed by atoms with Crippen molar-refractivity contribution < 1.29 is 4.42 Å². The van der Waals surface area contributed by atoms with Gasteiger partial charge in [0, 0.05) is 6.07 Å². The van der Waals surface area contributed by atoms with Gasteiger partial charge in [-0.15, -0.1) is 0 Å². The van der Waals surface area contributed by atoms with E-state index >= 15 is 0 Å². The van der Waals surface area contributed by atoms with Crippen molar-refractivity contribution in [2.75, 3.05) is 11.5 Å². The summed E-state index contributed by atoms with van der Waals surface area (Å²) in [7, 11) is 0. The Morgan fingerprint density at radius 2 is 1.82 bits per heavy atom. The van der Waals surface area contributed by atoms with Gasteiger partial charge in [0.2, 0.25) is 5.89 Å². The van der Waals surface area contributed by atoms with Crippen LogP contribution in [0.5, 0.6) is 0 Å². The Hall–Kier alpha value is -1.76. The number of rotatable bonds is 3. The third-order valence-corrected chi connectivity index (χ3v) is 2.97. The summed E-state index contributed by atoms with van der Waals surface area (Å²) in [5.74, 6) is 2.75. The molecule has 4 N–H and O–H groups in total. The molecule has 90 valence electrons. The highest BCUT2D eigenvalue weighted by Crippen LogP contribution is 2.21. The molecule has 2 rings (SSSR count). The molecular formula is C10H13N5OS. The predicted octanol–water partition coefficient (Wildman–Crippen LogP) is 1.54. The second-order valence-electron chi connectivity index (χ2n) is 3.54. The first kappa shape index (κ1) is 11.7. The monoisotopic (exact) mass is 251 g/mol. The van der Waals surface area contributed by atoms with Crippen molar-refractivity contribution in [2.45, 2.75) is 24.8 Å². The van der Waals surface area contributed by atoms with Crippen molar-refractivity contribution in [3.8, 4) is 0 Å². The lowest BCUT2D eigenvalue weighted by Crippen LogP contribution is -1.99. The molecule has 0 fully saturated rings. The summed E-state index contributed by atoms with van der Waals surface area (Å²) in [4.78, 5) is 12.4. The van der Waals surface area contributed by atoms with E-state index in [1.54, 1.807) is 0 Å². The molecule has 0 saturated carbocycles. The Balaban J connectivity index is 2.07. The molecule has 0 aliphatic rings. The molecule has 0 aliphatic carbocycles. The molecular weight excluding hydrogens is 238 g/mol. The number of anilines is 2. The molecule has 0 aromatic carbocycles. The molecule has 0 spiro atoms. The number of hydrogen-bond donors (Lipinski definition) is 2. The molecule has 6 nitrogen and oxygen atoms in total. The highest BCUT2D eigenvalue weighted by molar-refractivity contribution is 7.98. The Kier molecular flexibility index (Phi) is 3.19. The fraction of sp³-hybridized carbons (Fsp3) is 0.300. The van der Waals surface area contributed by atoms with Crippen molar-refractivity contribution in [1.82, 2.24) is 15.0 Å². The Bertz CT molecular complexity index is 500. The van der Waals surface area contributed by atoms with Gasteiger partial charge in [-0.25, -0.2) is 15.0 Å². The van der Waals surface area contributed by atoms with Crippen molar-refractivity contribution in [3.63, 3.8) is 0 Å². The Morgan fingerprint density at radius 1 is 1.18 bits per heavy atom. The zero-order valence-corrected chi connectivity index (χ0v) is 10.4. The Morgan fingerprint density at radius 3 is 2.35 bits per heavy atom. The van der Waals surface area contributed by atoms with Gasteiger partial charge in [0.25, 0.3) is 0 Å². The molecule has 0 unspecified atom stereocenters.